The third-order valence-electron chi connectivity index (χ3n) is 4.30. The Morgan fingerprint density at radius 3 is 1.71 bits per heavy atom. The van der Waals surface area contributed by atoms with Crippen molar-refractivity contribution in [3.8, 4) is 0 Å². The molecular formula is C18H23BrOSi. The molecule has 0 saturated heterocycles. The van der Waals surface area contributed by atoms with Crippen LogP contribution in [0.3, 0.4) is 0 Å². The Bertz CT molecular complexity index is 514. The SMILES string of the molecule is CC(C)(CCCBr)[Si](O)(c1ccccc1)c1ccccc1. The lowest BCUT2D eigenvalue weighted by Gasteiger charge is -2.41. The van der Waals surface area contributed by atoms with Gasteiger partial charge >= 0.3 is 0 Å². The van der Waals surface area contributed by atoms with E-state index >= 15 is 0 Å². The fourth-order valence-corrected chi connectivity index (χ4v) is 7.06. The lowest BCUT2D eigenvalue weighted by atomic mass is 10.1. The molecule has 0 unspecified atom stereocenters. The summed E-state index contributed by atoms with van der Waals surface area (Å²) in [6.07, 6.45) is 2.08. The molecule has 2 aromatic carbocycles. The van der Waals surface area contributed by atoms with Gasteiger partial charge in [-0.25, -0.2) is 0 Å². The lowest BCUT2D eigenvalue weighted by Crippen LogP contribution is -2.65. The van der Waals surface area contributed by atoms with Gasteiger partial charge in [-0.2, -0.15) is 0 Å². The molecule has 2 aromatic rings. The van der Waals surface area contributed by atoms with Gasteiger partial charge < -0.3 is 4.80 Å². The monoisotopic (exact) mass is 362 g/mol. The first kappa shape index (κ1) is 16.5. The van der Waals surface area contributed by atoms with E-state index in [9.17, 15) is 4.80 Å². The molecule has 2 rings (SSSR count). The summed E-state index contributed by atoms with van der Waals surface area (Å²) in [6, 6.07) is 20.4. The average molecular weight is 363 g/mol. The molecule has 0 aliphatic carbocycles. The van der Waals surface area contributed by atoms with E-state index in [0.29, 0.717) is 0 Å². The molecule has 1 N–H and O–H groups in total. The Balaban J connectivity index is 2.55. The third kappa shape index (κ3) is 3.31. The minimum Gasteiger partial charge on any atom is -0.424 e. The lowest BCUT2D eigenvalue weighted by molar-refractivity contribution is 0.464. The molecule has 0 bridgehead atoms. The predicted molar refractivity (Wildman–Crippen MR) is 97.2 cm³/mol. The summed E-state index contributed by atoms with van der Waals surface area (Å²) in [5.41, 5.74) is 0. The fourth-order valence-electron chi connectivity index (χ4n) is 3.00. The van der Waals surface area contributed by atoms with Crippen LogP contribution in [0, 0.1) is 0 Å². The minimum absolute atomic E-state index is 0.122. The second kappa shape index (κ2) is 6.90. The minimum atomic E-state index is -2.79. The first-order valence-electron chi connectivity index (χ1n) is 7.42. The van der Waals surface area contributed by atoms with E-state index in [4.69, 9.17) is 0 Å². The van der Waals surface area contributed by atoms with Crippen LogP contribution >= 0.6 is 15.9 Å². The van der Waals surface area contributed by atoms with Gasteiger partial charge in [-0.1, -0.05) is 90.4 Å². The molecule has 0 aliphatic rings. The number of hydrogen-bond donors (Lipinski definition) is 1. The van der Waals surface area contributed by atoms with Crippen LogP contribution in [-0.4, -0.2) is 18.4 Å². The molecule has 3 heteroatoms. The molecule has 0 amide bonds. The first-order chi connectivity index (χ1) is 10.0. The maximum atomic E-state index is 11.8. The van der Waals surface area contributed by atoms with Gasteiger partial charge in [0.1, 0.15) is 0 Å². The molecule has 0 atom stereocenters. The molecule has 0 aliphatic heterocycles. The van der Waals surface area contributed by atoms with E-state index < -0.39 is 8.32 Å². The van der Waals surface area contributed by atoms with Crippen LogP contribution < -0.4 is 10.4 Å². The van der Waals surface area contributed by atoms with Crippen molar-refractivity contribution in [1.82, 2.24) is 0 Å². The highest BCUT2D eigenvalue weighted by molar-refractivity contribution is 9.09. The number of rotatable bonds is 6. The highest BCUT2D eigenvalue weighted by Crippen LogP contribution is 2.39. The topological polar surface area (TPSA) is 20.2 Å². The average Bonchev–Trinajstić information content (AvgIpc) is 2.53. The van der Waals surface area contributed by atoms with Crippen molar-refractivity contribution in [3.63, 3.8) is 0 Å². The Kier molecular flexibility index (Phi) is 5.41. The molecule has 0 heterocycles. The highest BCUT2D eigenvalue weighted by Gasteiger charge is 2.49. The van der Waals surface area contributed by atoms with E-state index in [-0.39, 0.29) is 5.04 Å². The Morgan fingerprint density at radius 1 is 0.905 bits per heavy atom. The molecule has 0 saturated carbocycles. The van der Waals surface area contributed by atoms with Crippen LogP contribution in [-0.2, 0) is 0 Å². The Labute approximate surface area is 137 Å². The standard InChI is InChI=1S/C18H23BrOSi/c1-18(2,14-9-15-19)21(20,16-10-5-3-6-11-16)17-12-7-4-8-13-17/h3-8,10-13,20H,9,14-15H2,1-2H3. The highest BCUT2D eigenvalue weighted by atomic mass is 79.9. The van der Waals surface area contributed by atoms with Gasteiger partial charge in [0.2, 0.25) is 0 Å². The molecule has 0 spiro atoms. The van der Waals surface area contributed by atoms with Crippen molar-refractivity contribution in [2.75, 3.05) is 5.33 Å². The third-order valence-corrected chi connectivity index (χ3v) is 9.41. The summed E-state index contributed by atoms with van der Waals surface area (Å²) in [6.45, 7) is 4.42. The van der Waals surface area contributed by atoms with Crippen molar-refractivity contribution >= 4 is 34.6 Å². The Hall–Kier alpha value is -0.903. The molecule has 0 aromatic heterocycles. The van der Waals surface area contributed by atoms with Gasteiger partial charge in [0, 0.05) is 5.33 Å². The summed E-state index contributed by atoms with van der Waals surface area (Å²) in [4.78, 5) is 11.8. The van der Waals surface area contributed by atoms with Crippen LogP contribution in [0.2, 0.25) is 5.04 Å². The molecule has 1 nitrogen and oxygen atoms in total. The van der Waals surface area contributed by atoms with Crippen LogP contribution in [0.25, 0.3) is 0 Å². The van der Waals surface area contributed by atoms with Gasteiger partial charge in [0.05, 0.1) is 0 Å². The van der Waals surface area contributed by atoms with Crippen LogP contribution in [0.1, 0.15) is 26.7 Å². The van der Waals surface area contributed by atoms with Gasteiger partial charge in [-0.05, 0) is 28.3 Å². The smallest absolute Gasteiger partial charge is 0.258 e. The fraction of sp³-hybridized carbons (Fsp3) is 0.333. The second-order valence-electron chi connectivity index (χ2n) is 6.12. The number of hydrogen-bond acceptors (Lipinski definition) is 1. The summed E-state index contributed by atoms with van der Waals surface area (Å²) in [5.74, 6) is 0. The zero-order chi connectivity index (χ0) is 15.3. The Morgan fingerprint density at radius 2 is 1.33 bits per heavy atom. The predicted octanol–water partition coefficient (Wildman–Crippen LogP) is 3.69. The molecular weight excluding hydrogens is 340 g/mol. The van der Waals surface area contributed by atoms with Crippen LogP contribution in [0.4, 0.5) is 0 Å². The van der Waals surface area contributed by atoms with Crippen LogP contribution in [0.5, 0.6) is 0 Å². The van der Waals surface area contributed by atoms with Gasteiger partial charge in [0.25, 0.3) is 8.32 Å². The number of halogens is 1. The van der Waals surface area contributed by atoms with Crippen molar-refractivity contribution in [1.29, 1.82) is 0 Å². The zero-order valence-corrected chi connectivity index (χ0v) is 15.3. The number of alkyl halides is 1. The summed E-state index contributed by atoms with van der Waals surface area (Å²) < 4.78 is 0. The molecule has 0 fully saturated rings. The van der Waals surface area contributed by atoms with E-state index in [1.165, 1.54) is 0 Å². The largest absolute Gasteiger partial charge is 0.424 e. The second-order valence-corrected chi connectivity index (χ2v) is 10.8. The van der Waals surface area contributed by atoms with Gasteiger partial charge in [0.15, 0.2) is 0 Å². The quantitative estimate of drug-likeness (QED) is 0.613. The summed E-state index contributed by atoms with van der Waals surface area (Å²) in [7, 11) is -2.79. The van der Waals surface area contributed by atoms with Crippen LogP contribution in [0.15, 0.2) is 60.7 Å². The van der Waals surface area contributed by atoms with Crippen molar-refractivity contribution in [3.05, 3.63) is 60.7 Å². The normalized spacial score (nSPS) is 12.4. The number of benzene rings is 2. The van der Waals surface area contributed by atoms with Crippen molar-refractivity contribution < 1.29 is 4.80 Å². The summed E-state index contributed by atoms with van der Waals surface area (Å²) >= 11 is 3.52. The van der Waals surface area contributed by atoms with Crippen molar-refractivity contribution in [2.24, 2.45) is 0 Å². The molecule has 0 radical (unpaired) electrons. The maximum Gasteiger partial charge on any atom is 0.258 e. The van der Waals surface area contributed by atoms with E-state index in [1.807, 2.05) is 36.4 Å². The van der Waals surface area contributed by atoms with E-state index in [1.54, 1.807) is 0 Å². The summed E-state index contributed by atoms with van der Waals surface area (Å²) in [5, 5.41) is 3.04. The van der Waals surface area contributed by atoms with E-state index in [2.05, 4.69) is 54.0 Å². The van der Waals surface area contributed by atoms with Crippen molar-refractivity contribution in [2.45, 2.75) is 31.7 Å². The first-order valence-corrected chi connectivity index (χ1v) is 10.5. The zero-order valence-electron chi connectivity index (χ0n) is 12.7. The van der Waals surface area contributed by atoms with Gasteiger partial charge in [-0.3, -0.25) is 0 Å². The molecule has 112 valence electrons. The van der Waals surface area contributed by atoms with Gasteiger partial charge in [-0.15, -0.1) is 0 Å². The maximum absolute atomic E-state index is 11.8. The van der Waals surface area contributed by atoms with E-state index in [0.717, 1.165) is 28.5 Å². The molecule has 21 heavy (non-hydrogen) atoms.